The molecule has 30 heavy (non-hydrogen) atoms. The monoisotopic (exact) mass is 405 g/mol. The van der Waals surface area contributed by atoms with E-state index in [0.717, 1.165) is 0 Å². The average Bonchev–Trinajstić information content (AvgIpc) is 3.22. The smallest absolute Gasteiger partial charge is 0.311 e. The fourth-order valence-electron chi connectivity index (χ4n) is 3.64. The van der Waals surface area contributed by atoms with E-state index in [1.165, 1.54) is 17.0 Å². The van der Waals surface area contributed by atoms with Gasteiger partial charge < -0.3 is 19.9 Å². The molecule has 2 aliphatic rings. The first-order valence-corrected chi connectivity index (χ1v) is 9.09. The van der Waals surface area contributed by atoms with E-state index in [-0.39, 0.29) is 12.7 Å². The number of fused-ring (bicyclic) bond motifs is 2. The van der Waals surface area contributed by atoms with Crippen LogP contribution in [0, 0.1) is 10.1 Å². The third kappa shape index (κ3) is 2.75. The predicted molar refractivity (Wildman–Crippen MR) is 107 cm³/mol. The van der Waals surface area contributed by atoms with Crippen LogP contribution in [0.4, 0.5) is 17.1 Å². The Labute approximate surface area is 170 Å². The molecule has 3 aromatic carbocycles. The van der Waals surface area contributed by atoms with Crippen LogP contribution < -0.4 is 19.7 Å². The number of phenols is 1. The van der Waals surface area contributed by atoms with Gasteiger partial charge in [0.2, 0.25) is 6.79 Å². The highest BCUT2D eigenvalue weighted by molar-refractivity contribution is 6.12. The summed E-state index contributed by atoms with van der Waals surface area (Å²) in [7, 11) is 0. The number of aromatic hydroxyl groups is 1. The molecule has 2 heterocycles. The maximum atomic E-state index is 13.4. The minimum absolute atomic E-state index is 0.0986. The largest absolute Gasteiger partial charge is 0.502 e. The Balaban J connectivity index is 1.66. The molecule has 150 valence electrons. The number of carbonyl (C=O) groups is 1. The predicted octanol–water partition coefficient (Wildman–Crippen LogP) is 3.80. The Morgan fingerprint density at radius 1 is 1.07 bits per heavy atom. The second-order valence-electron chi connectivity index (χ2n) is 6.81. The van der Waals surface area contributed by atoms with E-state index in [1.54, 1.807) is 48.5 Å². The van der Waals surface area contributed by atoms with Crippen LogP contribution in [-0.4, -0.2) is 22.7 Å². The topological polar surface area (TPSA) is 114 Å². The maximum absolute atomic E-state index is 13.4. The van der Waals surface area contributed by atoms with Crippen molar-refractivity contribution in [2.24, 2.45) is 0 Å². The van der Waals surface area contributed by atoms with E-state index in [0.29, 0.717) is 34.0 Å². The van der Waals surface area contributed by atoms with Crippen LogP contribution in [0.2, 0.25) is 0 Å². The molecule has 9 nitrogen and oxygen atoms in total. The molecule has 5 rings (SSSR count). The molecular weight excluding hydrogens is 390 g/mol. The first-order chi connectivity index (χ1) is 14.5. The van der Waals surface area contributed by atoms with Gasteiger partial charge in [-0.25, -0.2) is 0 Å². The Morgan fingerprint density at radius 2 is 1.87 bits per heavy atom. The molecule has 1 unspecified atom stereocenters. The van der Waals surface area contributed by atoms with Gasteiger partial charge in [-0.15, -0.1) is 0 Å². The number of ether oxygens (including phenoxy) is 2. The van der Waals surface area contributed by atoms with E-state index >= 15 is 0 Å². The van der Waals surface area contributed by atoms with Crippen molar-refractivity contribution >= 4 is 23.0 Å². The summed E-state index contributed by atoms with van der Waals surface area (Å²) in [6.07, 6.45) is -0.743. The quantitative estimate of drug-likeness (QED) is 0.503. The maximum Gasteiger partial charge on any atom is 0.311 e. The summed E-state index contributed by atoms with van der Waals surface area (Å²) in [6, 6.07) is 16.2. The number of nitrogens with zero attached hydrogens (tertiary/aromatic N) is 2. The molecule has 2 aliphatic heterocycles. The number of para-hydroxylation sites is 1. The van der Waals surface area contributed by atoms with Crippen LogP contribution in [0.3, 0.4) is 0 Å². The number of anilines is 2. The molecule has 1 amide bonds. The van der Waals surface area contributed by atoms with Gasteiger partial charge in [-0.3, -0.25) is 19.8 Å². The summed E-state index contributed by atoms with van der Waals surface area (Å²) in [6.45, 7) is 0.0986. The van der Waals surface area contributed by atoms with Crippen LogP contribution in [0.5, 0.6) is 17.2 Å². The van der Waals surface area contributed by atoms with Crippen molar-refractivity contribution in [1.29, 1.82) is 0 Å². The standard InChI is InChI=1S/C21H15N3O6/c25-17-7-5-12(9-16(17)24(27)28)20-22-15-4-2-1-3-14(15)21(26)23(20)13-6-8-18-19(10-13)30-11-29-18/h1-10,20,22,25H,11H2. The molecular formula is C21H15N3O6. The van der Waals surface area contributed by atoms with Crippen molar-refractivity contribution in [3.63, 3.8) is 0 Å². The third-order valence-electron chi connectivity index (χ3n) is 5.07. The Bertz CT molecular complexity index is 1200. The zero-order chi connectivity index (χ0) is 20.8. The third-order valence-corrected chi connectivity index (χ3v) is 5.07. The lowest BCUT2D eigenvalue weighted by Gasteiger charge is -2.38. The summed E-state index contributed by atoms with van der Waals surface area (Å²) in [4.78, 5) is 25.6. The van der Waals surface area contributed by atoms with Crippen molar-refractivity contribution in [2.45, 2.75) is 6.17 Å². The second kappa shape index (κ2) is 6.66. The zero-order valence-corrected chi connectivity index (χ0v) is 15.4. The van der Waals surface area contributed by atoms with Crippen LogP contribution in [0.15, 0.2) is 60.7 Å². The van der Waals surface area contributed by atoms with Crippen LogP contribution >= 0.6 is 0 Å². The summed E-state index contributed by atoms with van der Waals surface area (Å²) in [5, 5.41) is 24.4. The number of phenolic OH excluding ortho intramolecular Hbond substituents is 1. The van der Waals surface area contributed by atoms with E-state index in [2.05, 4.69) is 5.32 Å². The lowest BCUT2D eigenvalue weighted by atomic mass is 10.0. The van der Waals surface area contributed by atoms with Crippen molar-refractivity contribution in [3.05, 3.63) is 81.9 Å². The number of nitro groups is 1. The molecule has 0 fully saturated rings. The fourth-order valence-corrected chi connectivity index (χ4v) is 3.64. The molecule has 0 saturated heterocycles. The number of nitro benzene ring substituents is 1. The Kier molecular flexibility index (Phi) is 3.95. The van der Waals surface area contributed by atoms with Gasteiger partial charge in [0.25, 0.3) is 5.91 Å². The molecule has 0 aromatic heterocycles. The zero-order valence-electron chi connectivity index (χ0n) is 15.4. The number of rotatable bonds is 3. The SMILES string of the molecule is O=C1c2ccccc2NC(c2ccc(O)c([N+](=O)[O-])c2)N1c1ccc2c(c1)OCO2. The fraction of sp³-hybridized carbons (Fsp3) is 0.0952. The van der Waals surface area contributed by atoms with Gasteiger partial charge >= 0.3 is 5.69 Å². The number of benzene rings is 3. The van der Waals surface area contributed by atoms with Gasteiger partial charge in [0.15, 0.2) is 17.2 Å². The lowest BCUT2D eigenvalue weighted by Crippen LogP contribution is -2.43. The van der Waals surface area contributed by atoms with Crippen molar-refractivity contribution in [1.82, 2.24) is 0 Å². The highest BCUT2D eigenvalue weighted by Crippen LogP contribution is 2.42. The molecule has 2 N–H and O–H groups in total. The van der Waals surface area contributed by atoms with Gasteiger partial charge in [0, 0.05) is 23.4 Å². The number of amides is 1. The van der Waals surface area contributed by atoms with Crippen molar-refractivity contribution < 1.29 is 24.3 Å². The highest BCUT2D eigenvalue weighted by atomic mass is 16.7. The number of carbonyl (C=O) groups excluding carboxylic acids is 1. The van der Waals surface area contributed by atoms with E-state index < -0.39 is 22.5 Å². The lowest BCUT2D eigenvalue weighted by molar-refractivity contribution is -0.385. The summed E-state index contributed by atoms with van der Waals surface area (Å²) < 4.78 is 10.8. The molecule has 0 saturated carbocycles. The first kappa shape index (κ1) is 17.8. The average molecular weight is 405 g/mol. The number of hydrogen-bond acceptors (Lipinski definition) is 7. The minimum atomic E-state index is -0.743. The van der Waals surface area contributed by atoms with Gasteiger partial charge in [0.1, 0.15) is 6.17 Å². The first-order valence-electron chi connectivity index (χ1n) is 9.09. The van der Waals surface area contributed by atoms with E-state index in [9.17, 15) is 20.0 Å². The van der Waals surface area contributed by atoms with Gasteiger partial charge in [-0.2, -0.15) is 0 Å². The molecule has 0 radical (unpaired) electrons. The van der Waals surface area contributed by atoms with Crippen molar-refractivity contribution in [2.75, 3.05) is 17.0 Å². The number of nitrogens with one attached hydrogen (secondary N) is 1. The van der Waals surface area contributed by atoms with E-state index in [1.807, 2.05) is 0 Å². The molecule has 3 aromatic rings. The van der Waals surface area contributed by atoms with Gasteiger partial charge in [-0.1, -0.05) is 18.2 Å². The summed E-state index contributed by atoms with van der Waals surface area (Å²) in [5.41, 5.74) is 1.62. The van der Waals surface area contributed by atoms with Gasteiger partial charge in [0.05, 0.1) is 16.2 Å². The van der Waals surface area contributed by atoms with Gasteiger partial charge in [-0.05, 0) is 30.3 Å². The molecule has 0 aliphatic carbocycles. The Morgan fingerprint density at radius 3 is 2.70 bits per heavy atom. The van der Waals surface area contributed by atoms with Crippen LogP contribution in [-0.2, 0) is 0 Å². The highest BCUT2D eigenvalue weighted by Gasteiger charge is 2.35. The summed E-state index contributed by atoms with van der Waals surface area (Å²) in [5.74, 6) is 0.368. The Hall–Kier alpha value is -4.27. The van der Waals surface area contributed by atoms with Crippen LogP contribution in [0.25, 0.3) is 0 Å². The van der Waals surface area contributed by atoms with Crippen molar-refractivity contribution in [3.8, 4) is 17.2 Å². The second-order valence-corrected chi connectivity index (χ2v) is 6.81. The molecule has 1 atom stereocenters. The summed E-state index contributed by atoms with van der Waals surface area (Å²) >= 11 is 0. The number of hydrogen-bond donors (Lipinski definition) is 2. The molecule has 0 spiro atoms. The normalized spacial score (nSPS) is 16.7. The molecule has 9 heteroatoms. The van der Waals surface area contributed by atoms with E-state index in [4.69, 9.17) is 9.47 Å². The molecule has 0 bridgehead atoms. The minimum Gasteiger partial charge on any atom is -0.502 e. The van der Waals surface area contributed by atoms with Crippen LogP contribution in [0.1, 0.15) is 22.1 Å².